The predicted octanol–water partition coefficient (Wildman–Crippen LogP) is 2.80. The summed E-state index contributed by atoms with van der Waals surface area (Å²) < 4.78 is 0. The highest BCUT2D eigenvalue weighted by Crippen LogP contribution is 2.28. The molecule has 0 aliphatic rings. The van der Waals surface area contributed by atoms with Gasteiger partial charge in [0.2, 0.25) is 5.91 Å². The molecule has 0 atom stereocenters. The van der Waals surface area contributed by atoms with Crippen LogP contribution in [0.1, 0.15) is 36.9 Å². The normalized spacial score (nSPS) is 11.3. The van der Waals surface area contributed by atoms with Crippen molar-refractivity contribution in [3.63, 3.8) is 0 Å². The van der Waals surface area contributed by atoms with Gasteiger partial charge in [-0.15, -0.1) is 0 Å². The van der Waals surface area contributed by atoms with Crippen molar-refractivity contribution in [2.75, 3.05) is 0 Å². The van der Waals surface area contributed by atoms with Gasteiger partial charge in [0.25, 0.3) is 0 Å². The molecule has 4 N–H and O–H groups in total. The maximum absolute atomic E-state index is 10.7. The molecule has 0 unspecified atom stereocenters. The highest BCUT2D eigenvalue weighted by molar-refractivity contribution is 6.07. The molecule has 0 saturated carbocycles. The third-order valence-electron chi connectivity index (χ3n) is 4.18. The molecule has 0 aliphatic carbocycles. The first kappa shape index (κ1) is 15.5. The number of hydrogen-bond donors (Lipinski definition) is 3. The van der Waals surface area contributed by atoms with Crippen LogP contribution < -0.4 is 5.73 Å². The van der Waals surface area contributed by atoms with Crippen molar-refractivity contribution in [3.05, 3.63) is 41.7 Å². The molecule has 0 fully saturated rings. The predicted molar refractivity (Wildman–Crippen MR) is 90.9 cm³/mol. The summed E-state index contributed by atoms with van der Waals surface area (Å²) in [6.45, 7) is 0.0380. The molecule has 3 rings (SSSR count). The van der Waals surface area contributed by atoms with E-state index in [0.717, 1.165) is 58.7 Å². The van der Waals surface area contributed by atoms with Crippen LogP contribution in [-0.2, 0) is 17.8 Å². The van der Waals surface area contributed by atoms with E-state index in [1.165, 1.54) is 0 Å². The fourth-order valence-electron chi connectivity index (χ4n) is 2.99. The van der Waals surface area contributed by atoms with Crippen LogP contribution in [0.5, 0.6) is 0 Å². The Morgan fingerprint density at radius 3 is 2.83 bits per heavy atom. The number of fused-ring (bicyclic) bond motifs is 3. The van der Waals surface area contributed by atoms with Gasteiger partial charge >= 0.3 is 0 Å². The van der Waals surface area contributed by atoms with Crippen LogP contribution in [0.4, 0.5) is 0 Å². The molecule has 0 saturated heterocycles. The summed E-state index contributed by atoms with van der Waals surface area (Å²) in [5.74, 6) is -0.236. The summed E-state index contributed by atoms with van der Waals surface area (Å²) in [6, 6.07) is 7.98. The highest BCUT2D eigenvalue weighted by atomic mass is 16.3. The van der Waals surface area contributed by atoms with Crippen molar-refractivity contribution >= 4 is 27.7 Å². The first-order chi connectivity index (χ1) is 11.2. The van der Waals surface area contributed by atoms with Gasteiger partial charge in [-0.05, 0) is 37.0 Å². The van der Waals surface area contributed by atoms with Gasteiger partial charge < -0.3 is 15.8 Å². The number of carbonyl (C=O) groups excluding carboxylic acids is 1. The molecule has 120 valence electrons. The number of amides is 1. The second kappa shape index (κ2) is 6.79. The van der Waals surface area contributed by atoms with Gasteiger partial charge in [-0.1, -0.05) is 18.6 Å². The van der Waals surface area contributed by atoms with E-state index in [4.69, 9.17) is 5.73 Å². The minimum Gasteiger partial charge on any atom is -0.392 e. The number of aryl methyl sites for hydroxylation is 1. The molecule has 1 aromatic carbocycles. The summed E-state index contributed by atoms with van der Waals surface area (Å²) in [6.07, 6.45) is 5.95. The van der Waals surface area contributed by atoms with Crippen LogP contribution in [0.15, 0.2) is 30.5 Å². The summed E-state index contributed by atoms with van der Waals surface area (Å²) in [5.41, 5.74) is 9.18. The van der Waals surface area contributed by atoms with E-state index in [2.05, 4.69) is 9.97 Å². The number of primary amides is 1. The Hall–Kier alpha value is -2.40. The molecule has 2 heterocycles. The number of benzene rings is 1. The van der Waals surface area contributed by atoms with Gasteiger partial charge in [-0.25, -0.2) is 0 Å². The minimum atomic E-state index is -0.236. The molecular weight excluding hydrogens is 290 g/mol. The summed E-state index contributed by atoms with van der Waals surface area (Å²) in [7, 11) is 0. The lowest BCUT2D eigenvalue weighted by Gasteiger charge is -2.02. The van der Waals surface area contributed by atoms with Crippen molar-refractivity contribution < 1.29 is 9.90 Å². The number of aromatic amines is 1. The zero-order chi connectivity index (χ0) is 16.2. The number of hydrogen-bond acceptors (Lipinski definition) is 3. The molecule has 1 amide bonds. The average molecular weight is 311 g/mol. The molecule has 5 nitrogen and oxygen atoms in total. The lowest BCUT2D eigenvalue weighted by molar-refractivity contribution is -0.118. The maximum atomic E-state index is 10.7. The van der Waals surface area contributed by atoms with E-state index in [-0.39, 0.29) is 12.5 Å². The van der Waals surface area contributed by atoms with E-state index in [1.807, 2.05) is 30.5 Å². The number of nitrogens with two attached hydrogens (primary N) is 1. The fraction of sp³-hybridized carbons (Fsp3) is 0.333. The Balaban J connectivity index is 1.82. The lowest BCUT2D eigenvalue weighted by Crippen LogP contribution is -2.09. The van der Waals surface area contributed by atoms with Gasteiger partial charge in [0.1, 0.15) is 0 Å². The van der Waals surface area contributed by atoms with E-state index >= 15 is 0 Å². The van der Waals surface area contributed by atoms with Crippen LogP contribution in [0.2, 0.25) is 0 Å². The van der Waals surface area contributed by atoms with Crippen LogP contribution in [-0.4, -0.2) is 21.0 Å². The standard InChI is InChI=1S/C18H21N3O2/c19-17(23)5-3-1-2-4-15-18-14(8-9-20-15)13-7-6-12(11-22)10-16(13)21-18/h6-10,21-22H,1-5,11H2,(H2,19,23). The SMILES string of the molecule is NC(=O)CCCCCc1nccc2c1[nH]c1cc(CO)ccc12. The molecule has 3 aromatic rings. The Morgan fingerprint density at radius 2 is 2.04 bits per heavy atom. The van der Waals surface area contributed by atoms with Crippen LogP contribution in [0.25, 0.3) is 21.8 Å². The van der Waals surface area contributed by atoms with Gasteiger partial charge in [0, 0.05) is 28.9 Å². The molecule has 0 radical (unpaired) electrons. The van der Waals surface area contributed by atoms with Gasteiger partial charge in [0.05, 0.1) is 17.8 Å². The molecule has 0 aliphatic heterocycles. The van der Waals surface area contributed by atoms with Crippen LogP contribution in [0, 0.1) is 0 Å². The van der Waals surface area contributed by atoms with Crippen LogP contribution >= 0.6 is 0 Å². The molecule has 23 heavy (non-hydrogen) atoms. The fourth-order valence-corrected chi connectivity index (χ4v) is 2.99. The third-order valence-corrected chi connectivity index (χ3v) is 4.18. The number of aliphatic hydroxyl groups is 1. The number of nitrogens with one attached hydrogen (secondary N) is 1. The monoisotopic (exact) mass is 311 g/mol. The highest BCUT2D eigenvalue weighted by Gasteiger charge is 2.09. The number of unbranched alkanes of at least 4 members (excludes halogenated alkanes) is 2. The van der Waals surface area contributed by atoms with Crippen molar-refractivity contribution in [2.45, 2.75) is 38.7 Å². The van der Waals surface area contributed by atoms with Gasteiger partial charge in [-0.2, -0.15) is 0 Å². The number of H-pyrrole nitrogens is 1. The zero-order valence-corrected chi connectivity index (χ0v) is 13.0. The Kier molecular flexibility index (Phi) is 4.57. The quantitative estimate of drug-likeness (QED) is 0.586. The van der Waals surface area contributed by atoms with E-state index in [1.54, 1.807) is 0 Å². The number of rotatable bonds is 7. The first-order valence-electron chi connectivity index (χ1n) is 7.96. The molecule has 0 bridgehead atoms. The minimum absolute atomic E-state index is 0.0380. The van der Waals surface area contributed by atoms with Crippen LogP contribution in [0.3, 0.4) is 0 Å². The Labute approximate surface area is 134 Å². The number of nitrogens with zero attached hydrogens (tertiary/aromatic N) is 1. The molecule has 5 heteroatoms. The van der Waals surface area contributed by atoms with Crippen molar-refractivity contribution in [2.24, 2.45) is 5.73 Å². The number of aliphatic hydroxyl groups excluding tert-OH is 1. The number of pyridine rings is 1. The third kappa shape index (κ3) is 3.35. The summed E-state index contributed by atoms with van der Waals surface area (Å²) >= 11 is 0. The van der Waals surface area contributed by atoms with Gasteiger partial charge in [0.15, 0.2) is 0 Å². The topological polar surface area (TPSA) is 92.0 Å². The smallest absolute Gasteiger partial charge is 0.217 e. The average Bonchev–Trinajstić information content (AvgIpc) is 2.92. The molecular formula is C18H21N3O2. The first-order valence-corrected chi connectivity index (χ1v) is 7.96. The summed E-state index contributed by atoms with van der Waals surface area (Å²) in [4.78, 5) is 18.7. The van der Waals surface area contributed by atoms with E-state index in [9.17, 15) is 9.90 Å². The number of aromatic nitrogens is 2. The van der Waals surface area contributed by atoms with Gasteiger partial charge in [-0.3, -0.25) is 9.78 Å². The largest absolute Gasteiger partial charge is 0.392 e. The molecule has 0 spiro atoms. The zero-order valence-electron chi connectivity index (χ0n) is 13.0. The van der Waals surface area contributed by atoms with E-state index in [0.29, 0.717) is 6.42 Å². The van der Waals surface area contributed by atoms with Crippen molar-refractivity contribution in [1.82, 2.24) is 9.97 Å². The lowest BCUT2D eigenvalue weighted by atomic mass is 10.1. The van der Waals surface area contributed by atoms with Crippen molar-refractivity contribution in [3.8, 4) is 0 Å². The maximum Gasteiger partial charge on any atom is 0.217 e. The number of carbonyl (C=O) groups is 1. The van der Waals surface area contributed by atoms with E-state index < -0.39 is 0 Å². The second-order valence-electron chi connectivity index (χ2n) is 5.87. The second-order valence-corrected chi connectivity index (χ2v) is 5.87. The van der Waals surface area contributed by atoms with Crippen molar-refractivity contribution in [1.29, 1.82) is 0 Å². The molecule has 2 aromatic heterocycles. The Bertz CT molecular complexity index is 839. The Morgan fingerprint density at radius 1 is 1.17 bits per heavy atom. The summed E-state index contributed by atoms with van der Waals surface area (Å²) in [5, 5.41) is 11.6.